The summed E-state index contributed by atoms with van der Waals surface area (Å²) in [5.41, 5.74) is 5.44. The first kappa shape index (κ1) is 17.2. The zero-order valence-electron chi connectivity index (χ0n) is 10.8. The summed E-state index contributed by atoms with van der Waals surface area (Å²) in [6, 6.07) is 0.135. The molecule has 1 aliphatic carbocycles. The number of amides is 1. The van der Waals surface area contributed by atoms with Crippen LogP contribution in [0.25, 0.3) is 0 Å². The van der Waals surface area contributed by atoms with E-state index in [9.17, 15) is 9.59 Å². The molecule has 0 saturated heterocycles. The standard InChI is InChI=1S/C11H20N2O4.ClH/c1-3-17-10(14)7-13(8-4-5-8)11(15)9(6-12)16-2;/h8-9H,3-7,12H2,1-2H3;1H. The van der Waals surface area contributed by atoms with Gasteiger partial charge in [-0.2, -0.15) is 0 Å². The Hall–Kier alpha value is -0.850. The number of hydrogen-bond donors (Lipinski definition) is 1. The van der Waals surface area contributed by atoms with Crippen molar-refractivity contribution in [3.8, 4) is 0 Å². The first-order valence-corrected chi connectivity index (χ1v) is 5.83. The van der Waals surface area contributed by atoms with Crippen LogP contribution < -0.4 is 5.73 Å². The average Bonchev–Trinajstić information content (AvgIpc) is 3.11. The molecule has 1 aliphatic rings. The lowest BCUT2D eigenvalue weighted by Crippen LogP contribution is -2.47. The van der Waals surface area contributed by atoms with Crippen LogP contribution in [-0.4, -0.2) is 55.7 Å². The lowest BCUT2D eigenvalue weighted by Gasteiger charge is -2.25. The molecule has 0 bridgehead atoms. The second kappa shape index (κ2) is 8.29. The van der Waals surface area contributed by atoms with E-state index in [1.54, 1.807) is 6.92 Å². The fourth-order valence-electron chi connectivity index (χ4n) is 1.60. The number of esters is 1. The van der Waals surface area contributed by atoms with Crippen molar-refractivity contribution >= 4 is 24.3 Å². The quantitative estimate of drug-likeness (QED) is 0.661. The molecular formula is C11H21ClN2O4. The summed E-state index contributed by atoms with van der Waals surface area (Å²) in [6.45, 7) is 2.15. The van der Waals surface area contributed by atoms with Crippen molar-refractivity contribution < 1.29 is 19.1 Å². The van der Waals surface area contributed by atoms with Crippen molar-refractivity contribution in [2.24, 2.45) is 5.73 Å². The first-order chi connectivity index (χ1) is 8.13. The number of nitrogens with two attached hydrogens (primary N) is 1. The highest BCUT2D eigenvalue weighted by molar-refractivity contribution is 5.86. The number of rotatable bonds is 7. The summed E-state index contributed by atoms with van der Waals surface area (Å²) in [5, 5.41) is 0. The molecule has 0 radical (unpaired) electrons. The number of ether oxygens (including phenoxy) is 2. The fraction of sp³-hybridized carbons (Fsp3) is 0.818. The predicted octanol–water partition coefficient (Wildman–Crippen LogP) is -0.0640. The van der Waals surface area contributed by atoms with E-state index in [4.69, 9.17) is 15.2 Å². The average molecular weight is 281 g/mol. The van der Waals surface area contributed by atoms with Gasteiger partial charge in [0.05, 0.1) is 6.61 Å². The SMILES string of the molecule is CCOC(=O)CN(C(=O)C(CN)OC)C1CC1.Cl. The zero-order valence-corrected chi connectivity index (χ0v) is 11.6. The summed E-state index contributed by atoms with van der Waals surface area (Å²) in [4.78, 5) is 25.0. The third kappa shape index (κ3) is 4.80. The lowest BCUT2D eigenvalue weighted by molar-refractivity contribution is -0.153. The largest absolute Gasteiger partial charge is 0.465 e. The van der Waals surface area contributed by atoms with E-state index in [2.05, 4.69) is 0 Å². The van der Waals surface area contributed by atoms with E-state index in [1.165, 1.54) is 12.0 Å². The van der Waals surface area contributed by atoms with Gasteiger partial charge in [-0.15, -0.1) is 12.4 Å². The van der Waals surface area contributed by atoms with E-state index in [-0.39, 0.29) is 43.4 Å². The van der Waals surface area contributed by atoms with E-state index >= 15 is 0 Å². The van der Waals surface area contributed by atoms with Crippen LogP contribution in [0, 0.1) is 0 Å². The van der Waals surface area contributed by atoms with Gasteiger partial charge >= 0.3 is 5.97 Å². The molecule has 1 fully saturated rings. The van der Waals surface area contributed by atoms with Gasteiger partial charge in [-0.3, -0.25) is 9.59 Å². The predicted molar refractivity (Wildman–Crippen MR) is 68.5 cm³/mol. The van der Waals surface area contributed by atoms with E-state index in [0.717, 1.165) is 12.8 Å². The Labute approximate surface area is 113 Å². The highest BCUT2D eigenvalue weighted by atomic mass is 35.5. The van der Waals surface area contributed by atoms with Gasteiger partial charge in [0.15, 0.2) is 0 Å². The van der Waals surface area contributed by atoms with Crippen LogP contribution in [0.2, 0.25) is 0 Å². The molecule has 0 heterocycles. The van der Waals surface area contributed by atoms with Gasteiger partial charge in [0.25, 0.3) is 5.91 Å². The van der Waals surface area contributed by atoms with Crippen molar-refractivity contribution in [2.45, 2.75) is 31.9 Å². The molecule has 7 heteroatoms. The molecule has 0 aromatic heterocycles. The molecule has 1 rings (SSSR count). The molecule has 6 nitrogen and oxygen atoms in total. The molecule has 0 aromatic carbocycles. The van der Waals surface area contributed by atoms with Gasteiger partial charge in [0.2, 0.25) is 0 Å². The molecule has 0 spiro atoms. The number of nitrogens with zero attached hydrogens (tertiary/aromatic N) is 1. The maximum Gasteiger partial charge on any atom is 0.325 e. The van der Waals surface area contributed by atoms with Gasteiger partial charge in [0, 0.05) is 19.7 Å². The van der Waals surface area contributed by atoms with Crippen LogP contribution in [0.3, 0.4) is 0 Å². The minimum absolute atomic E-state index is 0. The van der Waals surface area contributed by atoms with E-state index in [0.29, 0.717) is 6.61 Å². The molecule has 18 heavy (non-hydrogen) atoms. The van der Waals surface area contributed by atoms with Gasteiger partial charge in [-0.05, 0) is 19.8 Å². The van der Waals surface area contributed by atoms with E-state index in [1.807, 2.05) is 0 Å². The van der Waals surface area contributed by atoms with Crippen LogP contribution in [0.1, 0.15) is 19.8 Å². The van der Waals surface area contributed by atoms with Crippen LogP contribution >= 0.6 is 12.4 Å². The van der Waals surface area contributed by atoms with Gasteiger partial charge in [-0.1, -0.05) is 0 Å². The number of hydrogen-bond acceptors (Lipinski definition) is 5. The second-order valence-electron chi connectivity index (χ2n) is 3.96. The number of halogens is 1. The van der Waals surface area contributed by atoms with Crippen molar-refractivity contribution in [3.63, 3.8) is 0 Å². The Bertz CT molecular complexity index is 280. The minimum atomic E-state index is -0.676. The third-order valence-corrected chi connectivity index (χ3v) is 2.65. The first-order valence-electron chi connectivity index (χ1n) is 5.83. The van der Waals surface area contributed by atoms with Crippen molar-refractivity contribution in [1.29, 1.82) is 0 Å². The number of carbonyl (C=O) groups excluding carboxylic acids is 2. The number of carbonyl (C=O) groups is 2. The lowest BCUT2D eigenvalue weighted by atomic mass is 10.3. The van der Waals surface area contributed by atoms with Gasteiger partial charge < -0.3 is 20.1 Å². The zero-order chi connectivity index (χ0) is 12.8. The van der Waals surface area contributed by atoms with Crippen LogP contribution in [0.4, 0.5) is 0 Å². The smallest absolute Gasteiger partial charge is 0.325 e. The van der Waals surface area contributed by atoms with E-state index < -0.39 is 6.10 Å². The van der Waals surface area contributed by atoms with Crippen molar-refractivity contribution in [2.75, 3.05) is 26.8 Å². The highest BCUT2D eigenvalue weighted by Gasteiger charge is 2.36. The third-order valence-electron chi connectivity index (χ3n) is 2.65. The number of methoxy groups -OCH3 is 1. The Balaban J connectivity index is 0.00000289. The molecule has 1 amide bonds. The Morgan fingerprint density at radius 1 is 1.44 bits per heavy atom. The van der Waals surface area contributed by atoms with Gasteiger partial charge in [0.1, 0.15) is 12.6 Å². The monoisotopic (exact) mass is 280 g/mol. The molecule has 106 valence electrons. The second-order valence-corrected chi connectivity index (χ2v) is 3.96. The van der Waals surface area contributed by atoms with Crippen LogP contribution in [0.5, 0.6) is 0 Å². The summed E-state index contributed by atoms with van der Waals surface area (Å²) < 4.78 is 9.84. The maximum absolute atomic E-state index is 12.0. The highest BCUT2D eigenvalue weighted by Crippen LogP contribution is 2.27. The van der Waals surface area contributed by atoms with Crippen LogP contribution in [-0.2, 0) is 19.1 Å². The maximum atomic E-state index is 12.0. The van der Waals surface area contributed by atoms with Gasteiger partial charge in [-0.25, -0.2) is 0 Å². The molecule has 1 saturated carbocycles. The normalized spacial score (nSPS) is 15.5. The molecule has 0 aromatic rings. The summed E-state index contributed by atoms with van der Waals surface area (Å²) in [7, 11) is 1.44. The molecular weight excluding hydrogens is 260 g/mol. The topological polar surface area (TPSA) is 81.9 Å². The molecule has 0 aliphatic heterocycles. The summed E-state index contributed by atoms with van der Waals surface area (Å²) in [6.07, 6.45) is 1.17. The van der Waals surface area contributed by atoms with Crippen molar-refractivity contribution in [3.05, 3.63) is 0 Å². The fourth-order valence-corrected chi connectivity index (χ4v) is 1.60. The summed E-state index contributed by atoms with van der Waals surface area (Å²) in [5.74, 6) is -0.620. The van der Waals surface area contributed by atoms with Crippen molar-refractivity contribution in [1.82, 2.24) is 4.90 Å². The minimum Gasteiger partial charge on any atom is -0.465 e. The summed E-state index contributed by atoms with van der Waals surface area (Å²) >= 11 is 0. The molecule has 1 atom stereocenters. The Morgan fingerprint density at radius 2 is 2.06 bits per heavy atom. The Kier molecular flexibility index (Phi) is 7.90. The van der Waals surface area contributed by atoms with Crippen LogP contribution in [0.15, 0.2) is 0 Å². The molecule has 2 N–H and O–H groups in total. The Morgan fingerprint density at radius 3 is 2.44 bits per heavy atom. The molecule has 1 unspecified atom stereocenters.